The summed E-state index contributed by atoms with van der Waals surface area (Å²) in [4.78, 5) is 7.93. The van der Waals surface area contributed by atoms with E-state index in [1.165, 1.54) is 0 Å². The Morgan fingerprint density at radius 1 is 1.50 bits per heavy atom. The zero-order chi connectivity index (χ0) is 7.40. The molecule has 0 amide bonds. The lowest BCUT2D eigenvalue weighted by Gasteiger charge is -1.87. The number of aromatic nitrogens is 2. The van der Waals surface area contributed by atoms with Gasteiger partial charge in [-0.05, 0) is 28.8 Å². The van der Waals surface area contributed by atoms with Crippen LogP contribution in [0.2, 0.25) is 0 Å². The smallest absolute Gasteiger partial charge is 0.132 e. The summed E-state index contributed by atoms with van der Waals surface area (Å²) in [6.07, 6.45) is 3.25. The molecule has 0 saturated heterocycles. The molecule has 0 bridgehead atoms. The summed E-state index contributed by atoms with van der Waals surface area (Å²) in [6, 6.07) is 0. The minimum absolute atomic E-state index is 0.692. The van der Waals surface area contributed by atoms with Gasteiger partial charge in [-0.25, -0.2) is 4.98 Å². The van der Waals surface area contributed by atoms with Crippen molar-refractivity contribution >= 4 is 15.9 Å². The highest BCUT2D eigenvalue weighted by Gasteiger charge is 1.88. The molecule has 1 aromatic rings. The van der Waals surface area contributed by atoms with Crippen molar-refractivity contribution in [3.8, 4) is 11.8 Å². The van der Waals surface area contributed by atoms with E-state index in [4.69, 9.17) is 0 Å². The summed E-state index contributed by atoms with van der Waals surface area (Å²) in [5, 5.41) is 0. The second-order valence-corrected chi connectivity index (χ2v) is 2.41. The lowest BCUT2D eigenvalue weighted by atomic mass is 10.4. The fourth-order valence-corrected chi connectivity index (χ4v) is 0.840. The molecule has 0 aliphatic heterocycles. The standard InChI is InChI=1S/C7H5BrN2/c1-2-3-6-4-9-5-7(8)10-6/h4-5H,1H3. The van der Waals surface area contributed by atoms with Gasteiger partial charge in [0.05, 0.1) is 12.4 Å². The van der Waals surface area contributed by atoms with Crippen LogP contribution in [0.15, 0.2) is 17.0 Å². The SMILES string of the molecule is CC#Cc1cncc(Br)n1. The Balaban J connectivity index is 3.03. The summed E-state index contributed by atoms with van der Waals surface area (Å²) in [5.41, 5.74) is 0.692. The zero-order valence-electron chi connectivity index (χ0n) is 5.43. The van der Waals surface area contributed by atoms with Gasteiger partial charge >= 0.3 is 0 Å². The van der Waals surface area contributed by atoms with Crippen molar-refractivity contribution in [2.24, 2.45) is 0 Å². The highest BCUT2D eigenvalue weighted by Crippen LogP contribution is 2.01. The van der Waals surface area contributed by atoms with Crippen molar-refractivity contribution < 1.29 is 0 Å². The van der Waals surface area contributed by atoms with Gasteiger partial charge in [-0.15, -0.1) is 0 Å². The van der Waals surface area contributed by atoms with E-state index in [9.17, 15) is 0 Å². The number of hydrogen-bond acceptors (Lipinski definition) is 2. The van der Waals surface area contributed by atoms with Crippen molar-refractivity contribution in [3.05, 3.63) is 22.7 Å². The molecule has 1 rings (SSSR count). The van der Waals surface area contributed by atoms with Crippen LogP contribution in [0.5, 0.6) is 0 Å². The first-order valence-electron chi connectivity index (χ1n) is 2.73. The van der Waals surface area contributed by atoms with Crippen LogP contribution >= 0.6 is 15.9 Å². The first kappa shape index (κ1) is 7.23. The van der Waals surface area contributed by atoms with Gasteiger partial charge in [0, 0.05) is 0 Å². The highest BCUT2D eigenvalue weighted by atomic mass is 79.9. The van der Waals surface area contributed by atoms with Crippen molar-refractivity contribution in [1.82, 2.24) is 9.97 Å². The minimum atomic E-state index is 0.692. The lowest BCUT2D eigenvalue weighted by molar-refractivity contribution is 1.14. The van der Waals surface area contributed by atoms with Crippen LogP contribution in [0.25, 0.3) is 0 Å². The monoisotopic (exact) mass is 196 g/mol. The number of hydrogen-bond donors (Lipinski definition) is 0. The Bertz CT molecular complexity index is 285. The van der Waals surface area contributed by atoms with Crippen molar-refractivity contribution in [2.75, 3.05) is 0 Å². The van der Waals surface area contributed by atoms with Crippen LogP contribution in [-0.2, 0) is 0 Å². The van der Waals surface area contributed by atoms with Crippen LogP contribution in [-0.4, -0.2) is 9.97 Å². The van der Waals surface area contributed by atoms with Gasteiger partial charge in [0.2, 0.25) is 0 Å². The second kappa shape index (κ2) is 3.33. The average molecular weight is 197 g/mol. The molecule has 2 nitrogen and oxygen atoms in total. The maximum atomic E-state index is 4.04. The van der Waals surface area contributed by atoms with E-state index < -0.39 is 0 Å². The molecule has 50 valence electrons. The van der Waals surface area contributed by atoms with Gasteiger partial charge in [0.25, 0.3) is 0 Å². The van der Waals surface area contributed by atoms with E-state index in [2.05, 4.69) is 37.7 Å². The third-order valence-corrected chi connectivity index (χ3v) is 1.24. The van der Waals surface area contributed by atoms with Crippen LogP contribution < -0.4 is 0 Å². The van der Waals surface area contributed by atoms with E-state index in [0.717, 1.165) is 0 Å². The molecular weight excluding hydrogens is 192 g/mol. The molecule has 0 atom stereocenters. The van der Waals surface area contributed by atoms with E-state index >= 15 is 0 Å². The van der Waals surface area contributed by atoms with Gasteiger partial charge in [0.1, 0.15) is 10.3 Å². The van der Waals surface area contributed by atoms with Crippen LogP contribution in [0.1, 0.15) is 12.6 Å². The van der Waals surface area contributed by atoms with E-state index in [0.29, 0.717) is 10.3 Å². The number of halogens is 1. The Morgan fingerprint density at radius 2 is 2.30 bits per heavy atom. The fraction of sp³-hybridized carbons (Fsp3) is 0.143. The maximum Gasteiger partial charge on any atom is 0.132 e. The molecule has 0 unspecified atom stereocenters. The maximum absolute atomic E-state index is 4.04. The van der Waals surface area contributed by atoms with Crippen molar-refractivity contribution in [2.45, 2.75) is 6.92 Å². The van der Waals surface area contributed by atoms with Crippen LogP contribution in [0.4, 0.5) is 0 Å². The third kappa shape index (κ3) is 1.82. The van der Waals surface area contributed by atoms with Gasteiger partial charge in [-0.1, -0.05) is 5.92 Å². The fourth-order valence-electron chi connectivity index (χ4n) is 0.530. The van der Waals surface area contributed by atoms with E-state index in [1.807, 2.05) is 0 Å². The molecular formula is C7H5BrN2. The largest absolute Gasteiger partial charge is 0.259 e. The van der Waals surface area contributed by atoms with Crippen molar-refractivity contribution in [1.29, 1.82) is 0 Å². The van der Waals surface area contributed by atoms with E-state index in [-0.39, 0.29) is 0 Å². The third-order valence-electron chi connectivity index (χ3n) is 0.858. The van der Waals surface area contributed by atoms with Gasteiger partial charge in [-0.2, -0.15) is 0 Å². The molecule has 0 aliphatic carbocycles. The summed E-state index contributed by atoms with van der Waals surface area (Å²) in [7, 11) is 0. The quantitative estimate of drug-likeness (QED) is 0.590. The topological polar surface area (TPSA) is 25.8 Å². The summed E-state index contributed by atoms with van der Waals surface area (Å²) in [6.45, 7) is 1.77. The average Bonchev–Trinajstić information content (AvgIpc) is 1.88. The number of nitrogens with zero attached hydrogens (tertiary/aromatic N) is 2. The Morgan fingerprint density at radius 3 is 2.90 bits per heavy atom. The second-order valence-electron chi connectivity index (χ2n) is 1.60. The normalized spacial score (nSPS) is 8.20. The molecule has 0 saturated carbocycles. The molecule has 0 aliphatic rings. The summed E-state index contributed by atoms with van der Waals surface area (Å²) < 4.78 is 0.716. The Labute approximate surface area is 67.8 Å². The van der Waals surface area contributed by atoms with Gasteiger partial charge in [0.15, 0.2) is 0 Å². The molecule has 1 heterocycles. The first-order valence-corrected chi connectivity index (χ1v) is 3.52. The highest BCUT2D eigenvalue weighted by molar-refractivity contribution is 9.10. The number of rotatable bonds is 0. The molecule has 0 aromatic carbocycles. The zero-order valence-corrected chi connectivity index (χ0v) is 7.01. The van der Waals surface area contributed by atoms with Gasteiger partial charge < -0.3 is 0 Å². The predicted octanol–water partition coefficient (Wildman–Crippen LogP) is 1.61. The van der Waals surface area contributed by atoms with Crippen LogP contribution in [0.3, 0.4) is 0 Å². The van der Waals surface area contributed by atoms with Crippen LogP contribution in [0, 0.1) is 11.8 Å². The molecule has 0 spiro atoms. The molecule has 0 N–H and O–H groups in total. The molecule has 3 heteroatoms. The predicted molar refractivity (Wildman–Crippen MR) is 42.3 cm³/mol. The molecule has 0 fully saturated rings. The molecule has 10 heavy (non-hydrogen) atoms. The van der Waals surface area contributed by atoms with E-state index in [1.54, 1.807) is 19.3 Å². The molecule has 0 radical (unpaired) electrons. The summed E-state index contributed by atoms with van der Waals surface area (Å²) in [5.74, 6) is 5.53. The first-order chi connectivity index (χ1) is 4.83. The Hall–Kier alpha value is -0.880. The Kier molecular flexibility index (Phi) is 2.41. The summed E-state index contributed by atoms with van der Waals surface area (Å²) >= 11 is 3.19. The van der Waals surface area contributed by atoms with Gasteiger partial charge in [-0.3, -0.25) is 4.98 Å². The molecule has 1 aromatic heterocycles. The lowest BCUT2D eigenvalue weighted by Crippen LogP contribution is -1.84. The van der Waals surface area contributed by atoms with Crippen molar-refractivity contribution in [3.63, 3.8) is 0 Å². The minimum Gasteiger partial charge on any atom is -0.259 e.